The fraction of sp³-hybridized carbons (Fsp3) is 0.0870. The summed E-state index contributed by atoms with van der Waals surface area (Å²) in [5.74, 6) is 0.735. The Morgan fingerprint density at radius 3 is 2.12 bits per heavy atom. The van der Waals surface area contributed by atoms with Crippen molar-refractivity contribution in [3.63, 3.8) is 0 Å². The lowest BCUT2D eigenvalue weighted by Crippen LogP contribution is -2.28. The third-order valence-corrected chi connectivity index (χ3v) is 4.05. The zero-order valence-electron chi connectivity index (χ0n) is 14.7. The van der Waals surface area contributed by atoms with Crippen molar-refractivity contribution in [1.29, 1.82) is 0 Å². The lowest BCUT2D eigenvalue weighted by molar-refractivity contribution is -0.114. The summed E-state index contributed by atoms with van der Waals surface area (Å²) in [5, 5.41) is 0. The smallest absolute Gasteiger partial charge is 0.251 e. The number of nitrogens with zero attached hydrogens (tertiary/aromatic N) is 1. The molecule has 1 amide bonds. The van der Waals surface area contributed by atoms with E-state index in [4.69, 9.17) is 4.74 Å². The van der Waals surface area contributed by atoms with Crippen LogP contribution in [0.25, 0.3) is 6.08 Å². The number of anilines is 1. The molecule has 3 rings (SSSR count). The molecular formula is C23H21NO2. The summed E-state index contributed by atoms with van der Waals surface area (Å²) in [7, 11) is 1.63. The van der Waals surface area contributed by atoms with Crippen molar-refractivity contribution in [3.8, 4) is 5.75 Å². The fourth-order valence-corrected chi connectivity index (χ4v) is 2.64. The molecule has 0 aliphatic rings. The molecule has 0 saturated heterocycles. The third kappa shape index (κ3) is 4.61. The Morgan fingerprint density at radius 2 is 1.50 bits per heavy atom. The van der Waals surface area contributed by atoms with Crippen LogP contribution in [0.4, 0.5) is 5.69 Å². The Kier molecular flexibility index (Phi) is 5.84. The average Bonchev–Trinajstić information content (AvgIpc) is 2.72. The van der Waals surface area contributed by atoms with E-state index in [0.717, 1.165) is 22.6 Å². The van der Waals surface area contributed by atoms with Gasteiger partial charge in [0.05, 0.1) is 13.7 Å². The molecule has 3 aromatic rings. The van der Waals surface area contributed by atoms with Gasteiger partial charge in [0.15, 0.2) is 0 Å². The van der Waals surface area contributed by atoms with Gasteiger partial charge >= 0.3 is 0 Å². The second kappa shape index (κ2) is 8.67. The minimum Gasteiger partial charge on any atom is -0.497 e. The van der Waals surface area contributed by atoms with Crippen molar-refractivity contribution in [2.24, 2.45) is 0 Å². The first-order chi connectivity index (χ1) is 12.8. The highest BCUT2D eigenvalue weighted by Gasteiger charge is 2.13. The standard InChI is InChI=1S/C23H21NO2/c1-26-22-15-12-19(13-16-22)14-17-23(25)24(21-10-6-3-7-11-21)18-20-8-4-2-5-9-20/h2-17H,18H2,1H3/b17-14+. The molecule has 0 unspecified atom stereocenters. The zero-order valence-corrected chi connectivity index (χ0v) is 14.7. The first-order valence-electron chi connectivity index (χ1n) is 8.49. The first-order valence-corrected chi connectivity index (χ1v) is 8.49. The number of carbonyl (C=O) groups is 1. The predicted octanol–water partition coefficient (Wildman–Crippen LogP) is 4.94. The summed E-state index contributed by atoms with van der Waals surface area (Å²) in [6.45, 7) is 0.524. The van der Waals surface area contributed by atoms with Crippen LogP contribution >= 0.6 is 0 Å². The van der Waals surface area contributed by atoms with E-state index in [9.17, 15) is 4.79 Å². The van der Waals surface area contributed by atoms with Gasteiger partial charge in [-0.2, -0.15) is 0 Å². The Balaban J connectivity index is 1.81. The molecule has 0 saturated carbocycles. The summed E-state index contributed by atoms with van der Waals surface area (Å²) >= 11 is 0. The Morgan fingerprint density at radius 1 is 0.885 bits per heavy atom. The molecule has 3 heteroatoms. The van der Waals surface area contributed by atoms with E-state index in [-0.39, 0.29) is 5.91 Å². The number of benzene rings is 3. The topological polar surface area (TPSA) is 29.5 Å². The summed E-state index contributed by atoms with van der Waals surface area (Å²) in [6, 6.07) is 27.3. The lowest BCUT2D eigenvalue weighted by atomic mass is 10.1. The molecule has 0 spiro atoms. The van der Waals surface area contributed by atoms with E-state index in [2.05, 4.69) is 0 Å². The Labute approximate surface area is 154 Å². The molecule has 3 aromatic carbocycles. The molecule has 0 fully saturated rings. The van der Waals surface area contributed by atoms with Crippen molar-refractivity contribution in [1.82, 2.24) is 0 Å². The molecule has 0 bridgehead atoms. The maximum Gasteiger partial charge on any atom is 0.251 e. The summed E-state index contributed by atoms with van der Waals surface area (Å²) < 4.78 is 5.16. The van der Waals surface area contributed by atoms with Gasteiger partial charge in [-0.15, -0.1) is 0 Å². The van der Waals surface area contributed by atoms with E-state index >= 15 is 0 Å². The number of carbonyl (C=O) groups excluding carboxylic acids is 1. The Hall–Kier alpha value is -3.33. The molecule has 0 atom stereocenters. The van der Waals surface area contributed by atoms with Crippen LogP contribution < -0.4 is 9.64 Å². The predicted molar refractivity (Wildman–Crippen MR) is 106 cm³/mol. The summed E-state index contributed by atoms with van der Waals surface area (Å²) in [6.07, 6.45) is 3.43. The minimum absolute atomic E-state index is 0.0594. The minimum atomic E-state index is -0.0594. The van der Waals surface area contributed by atoms with Crippen molar-refractivity contribution < 1.29 is 9.53 Å². The van der Waals surface area contributed by atoms with E-state index in [0.29, 0.717) is 6.54 Å². The van der Waals surface area contributed by atoms with Crippen LogP contribution in [0.1, 0.15) is 11.1 Å². The largest absolute Gasteiger partial charge is 0.497 e. The molecule has 26 heavy (non-hydrogen) atoms. The number of hydrogen-bond acceptors (Lipinski definition) is 2. The number of para-hydroxylation sites is 1. The molecule has 3 nitrogen and oxygen atoms in total. The van der Waals surface area contributed by atoms with Crippen LogP contribution in [-0.4, -0.2) is 13.0 Å². The Bertz CT molecular complexity index is 856. The van der Waals surface area contributed by atoms with Gasteiger partial charge in [-0.05, 0) is 41.5 Å². The molecular weight excluding hydrogens is 322 g/mol. The van der Waals surface area contributed by atoms with E-state index in [1.54, 1.807) is 18.1 Å². The quantitative estimate of drug-likeness (QED) is 0.593. The molecule has 0 aromatic heterocycles. The zero-order chi connectivity index (χ0) is 18.2. The van der Waals surface area contributed by atoms with Crippen molar-refractivity contribution in [2.45, 2.75) is 6.54 Å². The van der Waals surface area contributed by atoms with Gasteiger partial charge in [-0.3, -0.25) is 4.79 Å². The van der Waals surface area contributed by atoms with Crippen LogP contribution in [-0.2, 0) is 11.3 Å². The van der Waals surface area contributed by atoms with Crippen molar-refractivity contribution >= 4 is 17.7 Å². The molecule has 130 valence electrons. The van der Waals surface area contributed by atoms with Gasteiger partial charge in [0, 0.05) is 11.8 Å². The second-order valence-corrected chi connectivity index (χ2v) is 5.85. The molecule has 0 aliphatic carbocycles. The van der Waals surface area contributed by atoms with E-state index in [1.807, 2.05) is 91.0 Å². The number of rotatable bonds is 6. The highest BCUT2D eigenvalue weighted by atomic mass is 16.5. The normalized spacial score (nSPS) is 10.7. The van der Waals surface area contributed by atoms with Crippen LogP contribution in [0, 0.1) is 0 Å². The number of ether oxygens (including phenoxy) is 1. The fourth-order valence-electron chi connectivity index (χ4n) is 2.64. The van der Waals surface area contributed by atoms with Gasteiger partial charge < -0.3 is 9.64 Å². The van der Waals surface area contributed by atoms with E-state index in [1.165, 1.54) is 0 Å². The number of hydrogen-bond donors (Lipinski definition) is 0. The highest BCUT2D eigenvalue weighted by molar-refractivity contribution is 6.03. The molecule has 0 aliphatic heterocycles. The lowest BCUT2D eigenvalue weighted by Gasteiger charge is -2.21. The third-order valence-electron chi connectivity index (χ3n) is 4.05. The van der Waals surface area contributed by atoms with Crippen LogP contribution in [0.5, 0.6) is 5.75 Å². The SMILES string of the molecule is COc1ccc(/C=C/C(=O)N(Cc2ccccc2)c2ccccc2)cc1. The summed E-state index contributed by atoms with van der Waals surface area (Å²) in [5.41, 5.74) is 2.91. The second-order valence-electron chi connectivity index (χ2n) is 5.85. The average molecular weight is 343 g/mol. The van der Waals surface area contributed by atoms with Crippen LogP contribution in [0.2, 0.25) is 0 Å². The van der Waals surface area contributed by atoms with Gasteiger partial charge in [0.1, 0.15) is 5.75 Å². The van der Waals surface area contributed by atoms with Crippen molar-refractivity contribution in [2.75, 3.05) is 12.0 Å². The maximum atomic E-state index is 12.9. The number of amides is 1. The first kappa shape index (κ1) is 17.5. The molecule has 0 heterocycles. The van der Waals surface area contributed by atoms with Gasteiger partial charge in [0.25, 0.3) is 5.91 Å². The molecule has 0 N–H and O–H groups in total. The maximum absolute atomic E-state index is 12.9. The van der Waals surface area contributed by atoms with Gasteiger partial charge in [-0.1, -0.05) is 60.7 Å². The van der Waals surface area contributed by atoms with Crippen molar-refractivity contribution in [3.05, 3.63) is 102 Å². The van der Waals surface area contributed by atoms with Crippen LogP contribution in [0.3, 0.4) is 0 Å². The van der Waals surface area contributed by atoms with Gasteiger partial charge in [-0.25, -0.2) is 0 Å². The van der Waals surface area contributed by atoms with Crippen LogP contribution in [0.15, 0.2) is 91.0 Å². The van der Waals surface area contributed by atoms with E-state index < -0.39 is 0 Å². The summed E-state index contributed by atoms with van der Waals surface area (Å²) in [4.78, 5) is 14.6. The monoisotopic (exact) mass is 343 g/mol. The highest BCUT2D eigenvalue weighted by Crippen LogP contribution is 2.18. The number of methoxy groups -OCH3 is 1. The van der Waals surface area contributed by atoms with Gasteiger partial charge in [0.2, 0.25) is 0 Å². The molecule has 0 radical (unpaired) electrons.